The van der Waals surface area contributed by atoms with Gasteiger partial charge >= 0.3 is 0 Å². The highest BCUT2D eigenvalue weighted by Crippen LogP contribution is 2.21. The summed E-state index contributed by atoms with van der Waals surface area (Å²) in [6.07, 6.45) is 0. The van der Waals surface area contributed by atoms with Crippen LogP contribution in [0.25, 0.3) is 0 Å². The molecule has 28 heavy (non-hydrogen) atoms. The van der Waals surface area contributed by atoms with Crippen LogP contribution in [0.5, 0.6) is 5.75 Å². The lowest BCUT2D eigenvalue weighted by Gasteiger charge is -2.20. The monoisotopic (exact) mass is 383 g/mol. The van der Waals surface area contributed by atoms with Crippen molar-refractivity contribution in [1.82, 2.24) is 5.43 Å². The van der Waals surface area contributed by atoms with Gasteiger partial charge < -0.3 is 14.4 Å². The first-order valence-corrected chi connectivity index (χ1v) is 9.39. The van der Waals surface area contributed by atoms with Crippen molar-refractivity contribution in [3.05, 3.63) is 59.2 Å². The van der Waals surface area contributed by atoms with Crippen LogP contribution in [-0.2, 0) is 11.3 Å². The number of hydrazone groups is 1. The maximum atomic E-state index is 12.4. The summed E-state index contributed by atoms with van der Waals surface area (Å²) in [6.45, 7) is 8.37. The summed E-state index contributed by atoms with van der Waals surface area (Å²) in [6, 6.07) is 13.3. The van der Waals surface area contributed by atoms with E-state index in [0.717, 1.165) is 35.7 Å². The lowest BCUT2D eigenvalue weighted by Crippen LogP contribution is -2.22. The Balaban J connectivity index is 2.10. The number of benzene rings is 2. The zero-order chi connectivity index (χ0) is 20.5. The lowest BCUT2D eigenvalue weighted by atomic mass is 10.1. The quantitative estimate of drug-likeness (QED) is 0.528. The van der Waals surface area contributed by atoms with Crippen LogP contribution in [-0.4, -0.2) is 38.9 Å². The van der Waals surface area contributed by atoms with Crippen LogP contribution < -0.4 is 15.1 Å². The molecule has 0 aliphatic rings. The number of carbonyl (C=O) groups excluding carboxylic acids is 1. The van der Waals surface area contributed by atoms with E-state index in [4.69, 9.17) is 9.47 Å². The van der Waals surface area contributed by atoms with Gasteiger partial charge in [0.05, 0.1) is 19.4 Å². The fourth-order valence-electron chi connectivity index (χ4n) is 2.95. The standard InChI is InChI=1S/C22H29N3O3/c1-6-25(7-2)20-11-8-17(9-12-20)22(26)24-23-16(3)18-10-13-21(28-5)19(14-18)15-27-4/h8-14H,6-7,15H2,1-5H3,(H,24,26)/b23-16-. The molecule has 2 rings (SSSR count). The fourth-order valence-corrected chi connectivity index (χ4v) is 2.95. The predicted molar refractivity (Wildman–Crippen MR) is 113 cm³/mol. The van der Waals surface area contributed by atoms with Gasteiger partial charge in [0.25, 0.3) is 5.91 Å². The average molecular weight is 383 g/mol. The summed E-state index contributed by atoms with van der Waals surface area (Å²) in [5.41, 5.74) is 6.82. The lowest BCUT2D eigenvalue weighted by molar-refractivity contribution is 0.0955. The van der Waals surface area contributed by atoms with Gasteiger partial charge in [-0.2, -0.15) is 5.10 Å². The molecule has 0 saturated carbocycles. The maximum absolute atomic E-state index is 12.4. The molecule has 0 saturated heterocycles. The molecular formula is C22H29N3O3. The van der Waals surface area contributed by atoms with Gasteiger partial charge in [0, 0.05) is 37.0 Å². The van der Waals surface area contributed by atoms with Crippen LogP contribution in [0.3, 0.4) is 0 Å². The van der Waals surface area contributed by atoms with Gasteiger partial charge in [0.15, 0.2) is 0 Å². The molecule has 150 valence electrons. The highest BCUT2D eigenvalue weighted by molar-refractivity contribution is 6.01. The number of ether oxygens (including phenoxy) is 2. The molecule has 6 heteroatoms. The molecule has 0 spiro atoms. The minimum atomic E-state index is -0.240. The Bertz CT molecular complexity index is 812. The van der Waals surface area contributed by atoms with Crippen molar-refractivity contribution in [1.29, 1.82) is 0 Å². The number of amides is 1. The number of nitrogens with one attached hydrogen (secondary N) is 1. The summed E-state index contributed by atoms with van der Waals surface area (Å²) in [5.74, 6) is 0.520. The van der Waals surface area contributed by atoms with E-state index in [0.29, 0.717) is 17.9 Å². The van der Waals surface area contributed by atoms with Crippen molar-refractivity contribution in [3.63, 3.8) is 0 Å². The van der Waals surface area contributed by atoms with Crippen molar-refractivity contribution >= 4 is 17.3 Å². The third-order valence-electron chi connectivity index (χ3n) is 4.58. The average Bonchev–Trinajstić information content (AvgIpc) is 2.73. The Morgan fingerprint density at radius 2 is 1.68 bits per heavy atom. The second kappa shape index (κ2) is 10.5. The maximum Gasteiger partial charge on any atom is 0.271 e. The molecule has 0 aliphatic heterocycles. The number of anilines is 1. The summed E-state index contributed by atoms with van der Waals surface area (Å²) in [7, 11) is 3.26. The Kier molecular flexibility index (Phi) is 8.02. The van der Waals surface area contributed by atoms with Gasteiger partial charge in [-0.3, -0.25) is 4.79 Å². The number of hydrogen-bond acceptors (Lipinski definition) is 5. The Morgan fingerprint density at radius 3 is 2.25 bits per heavy atom. The summed E-state index contributed by atoms with van der Waals surface area (Å²) < 4.78 is 10.5. The number of nitrogens with zero attached hydrogens (tertiary/aromatic N) is 2. The van der Waals surface area contributed by atoms with Crippen LogP contribution in [0.2, 0.25) is 0 Å². The van der Waals surface area contributed by atoms with Crippen molar-refractivity contribution in [2.24, 2.45) is 5.10 Å². The van der Waals surface area contributed by atoms with E-state index in [1.165, 1.54) is 0 Å². The van der Waals surface area contributed by atoms with Gasteiger partial charge in [-0.25, -0.2) is 5.43 Å². The van der Waals surface area contributed by atoms with E-state index in [1.807, 2.05) is 49.4 Å². The first-order valence-electron chi connectivity index (χ1n) is 9.39. The summed E-state index contributed by atoms with van der Waals surface area (Å²) in [4.78, 5) is 14.6. The van der Waals surface area contributed by atoms with Crippen LogP contribution in [0.1, 0.15) is 42.3 Å². The van der Waals surface area contributed by atoms with E-state index in [-0.39, 0.29) is 5.91 Å². The van der Waals surface area contributed by atoms with E-state index in [1.54, 1.807) is 14.2 Å². The zero-order valence-corrected chi connectivity index (χ0v) is 17.3. The Hall–Kier alpha value is -2.86. The van der Waals surface area contributed by atoms with Crippen molar-refractivity contribution < 1.29 is 14.3 Å². The molecule has 6 nitrogen and oxygen atoms in total. The van der Waals surface area contributed by atoms with Crippen LogP contribution in [0.15, 0.2) is 47.6 Å². The second-order valence-electron chi connectivity index (χ2n) is 6.32. The topological polar surface area (TPSA) is 63.2 Å². The molecular weight excluding hydrogens is 354 g/mol. The first kappa shape index (κ1) is 21.4. The van der Waals surface area contributed by atoms with Crippen LogP contribution >= 0.6 is 0 Å². The minimum Gasteiger partial charge on any atom is -0.496 e. The molecule has 1 amide bonds. The van der Waals surface area contributed by atoms with Crippen LogP contribution in [0.4, 0.5) is 5.69 Å². The first-order chi connectivity index (χ1) is 13.5. The van der Waals surface area contributed by atoms with Crippen LogP contribution in [0, 0.1) is 0 Å². The fraction of sp³-hybridized carbons (Fsp3) is 0.364. The third-order valence-corrected chi connectivity index (χ3v) is 4.58. The molecule has 0 fully saturated rings. The smallest absolute Gasteiger partial charge is 0.271 e. The minimum absolute atomic E-state index is 0.240. The van der Waals surface area contributed by atoms with Crippen molar-refractivity contribution in [2.45, 2.75) is 27.4 Å². The van der Waals surface area contributed by atoms with E-state index < -0.39 is 0 Å². The second-order valence-corrected chi connectivity index (χ2v) is 6.32. The van der Waals surface area contributed by atoms with E-state index in [9.17, 15) is 4.79 Å². The number of hydrogen-bond donors (Lipinski definition) is 1. The van der Waals surface area contributed by atoms with Gasteiger partial charge in [-0.15, -0.1) is 0 Å². The highest BCUT2D eigenvalue weighted by Gasteiger charge is 2.09. The summed E-state index contributed by atoms with van der Waals surface area (Å²) in [5, 5.41) is 4.24. The molecule has 0 unspecified atom stereocenters. The third kappa shape index (κ3) is 5.33. The zero-order valence-electron chi connectivity index (χ0n) is 17.3. The molecule has 0 aromatic heterocycles. The largest absolute Gasteiger partial charge is 0.496 e. The normalized spacial score (nSPS) is 11.2. The molecule has 0 radical (unpaired) electrons. The molecule has 0 heterocycles. The molecule has 0 atom stereocenters. The predicted octanol–water partition coefficient (Wildman–Crippen LogP) is 3.84. The van der Waals surface area contributed by atoms with E-state index >= 15 is 0 Å². The Morgan fingerprint density at radius 1 is 1.04 bits per heavy atom. The summed E-state index contributed by atoms with van der Waals surface area (Å²) >= 11 is 0. The number of methoxy groups -OCH3 is 2. The van der Waals surface area contributed by atoms with Gasteiger partial charge in [-0.05, 0) is 68.8 Å². The SMILES string of the molecule is CCN(CC)c1ccc(C(=O)N/N=C(/C)c2ccc(OC)c(COC)c2)cc1. The molecule has 2 aromatic rings. The Labute approximate surface area is 167 Å². The van der Waals surface area contributed by atoms with Gasteiger partial charge in [0.2, 0.25) is 0 Å². The molecule has 1 N–H and O–H groups in total. The number of carbonyl (C=O) groups is 1. The van der Waals surface area contributed by atoms with E-state index in [2.05, 4.69) is 29.3 Å². The number of rotatable bonds is 9. The van der Waals surface area contributed by atoms with Gasteiger partial charge in [0.1, 0.15) is 5.75 Å². The highest BCUT2D eigenvalue weighted by atomic mass is 16.5. The molecule has 2 aromatic carbocycles. The van der Waals surface area contributed by atoms with Crippen molar-refractivity contribution in [3.8, 4) is 5.75 Å². The van der Waals surface area contributed by atoms with Crippen molar-refractivity contribution in [2.75, 3.05) is 32.2 Å². The molecule has 0 bridgehead atoms. The van der Waals surface area contributed by atoms with Gasteiger partial charge in [-0.1, -0.05) is 0 Å². The molecule has 0 aliphatic carbocycles.